The molecule has 0 saturated heterocycles. The molecular formula is C31H39N7S2. The van der Waals surface area contributed by atoms with Gasteiger partial charge in [-0.05, 0) is 97.9 Å². The molecule has 1 aromatic heterocycles. The van der Waals surface area contributed by atoms with Crippen LogP contribution >= 0.6 is 23.9 Å². The molecule has 0 saturated carbocycles. The van der Waals surface area contributed by atoms with Gasteiger partial charge in [0.1, 0.15) is 0 Å². The molecule has 0 aliphatic heterocycles. The third-order valence-electron chi connectivity index (χ3n) is 6.27. The van der Waals surface area contributed by atoms with Crippen molar-refractivity contribution < 1.29 is 0 Å². The standard InChI is InChI=1S/C31H39N7S2/c1-4-18-38(5-2)19-17-34-39-28-15-12-26(13-16-28)37-31-32-22-27(23-33-31)36-30-20-29(14-11-24(30)3)40-35-21-25-9-7-6-8-10-25/h6-16,20,22-23,34-36H,4-5,17-19,21H2,1-3H3,(H,32,33,37). The van der Waals surface area contributed by atoms with Gasteiger partial charge in [-0.2, -0.15) is 0 Å². The Bertz CT molecular complexity index is 1290. The Morgan fingerprint density at radius 1 is 0.750 bits per heavy atom. The second-order valence-corrected chi connectivity index (χ2v) is 11.3. The first kappa shape index (κ1) is 29.9. The third kappa shape index (κ3) is 9.83. The maximum absolute atomic E-state index is 4.50. The van der Waals surface area contributed by atoms with Crippen LogP contribution in [0.3, 0.4) is 0 Å². The fourth-order valence-electron chi connectivity index (χ4n) is 4.03. The summed E-state index contributed by atoms with van der Waals surface area (Å²) in [5.41, 5.74) is 5.24. The smallest absolute Gasteiger partial charge is 0.227 e. The molecule has 0 bridgehead atoms. The highest BCUT2D eigenvalue weighted by molar-refractivity contribution is 7.97. The van der Waals surface area contributed by atoms with E-state index in [1.54, 1.807) is 36.3 Å². The van der Waals surface area contributed by atoms with E-state index in [1.165, 1.54) is 16.9 Å². The summed E-state index contributed by atoms with van der Waals surface area (Å²) in [5.74, 6) is 0.561. The minimum Gasteiger partial charge on any atom is -0.353 e. The van der Waals surface area contributed by atoms with Crippen molar-refractivity contribution in [2.24, 2.45) is 0 Å². The third-order valence-corrected chi connectivity index (χ3v) is 7.90. The molecule has 1 heterocycles. The first-order valence-electron chi connectivity index (χ1n) is 13.8. The van der Waals surface area contributed by atoms with Gasteiger partial charge in [0.2, 0.25) is 5.95 Å². The van der Waals surface area contributed by atoms with Crippen molar-refractivity contribution in [1.82, 2.24) is 24.3 Å². The Labute approximate surface area is 247 Å². The quantitative estimate of drug-likeness (QED) is 0.0810. The number of hydrogen-bond donors (Lipinski definition) is 4. The minimum atomic E-state index is 0.561. The first-order valence-corrected chi connectivity index (χ1v) is 15.4. The summed E-state index contributed by atoms with van der Waals surface area (Å²) in [6.07, 6.45) is 4.79. The Hall–Kier alpha value is -3.08. The van der Waals surface area contributed by atoms with E-state index in [0.29, 0.717) is 5.95 Å². The molecule has 3 aromatic carbocycles. The maximum Gasteiger partial charge on any atom is 0.227 e. The molecule has 0 aliphatic rings. The summed E-state index contributed by atoms with van der Waals surface area (Å²) in [4.78, 5) is 13.8. The highest BCUT2D eigenvalue weighted by atomic mass is 32.2. The van der Waals surface area contributed by atoms with E-state index in [2.05, 4.69) is 110 Å². The van der Waals surface area contributed by atoms with E-state index in [1.807, 2.05) is 18.2 Å². The Morgan fingerprint density at radius 3 is 2.20 bits per heavy atom. The summed E-state index contributed by atoms with van der Waals surface area (Å²) < 4.78 is 6.90. The van der Waals surface area contributed by atoms with Gasteiger partial charge in [-0.1, -0.05) is 50.2 Å². The van der Waals surface area contributed by atoms with Crippen LogP contribution in [-0.2, 0) is 6.54 Å². The molecule has 0 unspecified atom stereocenters. The molecule has 210 valence electrons. The van der Waals surface area contributed by atoms with Crippen molar-refractivity contribution in [3.63, 3.8) is 0 Å². The van der Waals surface area contributed by atoms with E-state index in [4.69, 9.17) is 0 Å². The normalized spacial score (nSPS) is 11.1. The van der Waals surface area contributed by atoms with Crippen molar-refractivity contribution in [3.8, 4) is 0 Å². The zero-order valence-electron chi connectivity index (χ0n) is 23.5. The number of aromatic nitrogens is 2. The van der Waals surface area contributed by atoms with Crippen LogP contribution in [0, 0.1) is 6.92 Å². The van der Waals surface area contributed by atoms with Crippen molar-refractivity contribution in [2.75, 3.05) is 36.8 Å². The van der Waals surface area contributed by atoms with E-state index in [9.17, 15) is 0 Å². The van der Waals surface area contributed by atoms with Gasteiger partial charge in [0.05, 0.1) is 18.1 Å². The number of anilines is 4. The van der Waals surface area contributed by atoms with E-state index in [-0.39, 0.29) is 0 Å². The molecule has 4 rings (SSSR count). The Kier molecular flexibility index (Phi) is 12.1. The number of benzene rings is 3. The predicted octanol–water partition coefficient (Wildman–Crippen LogP) is 7.40. The number of nitrogens with zero attached hydrogens (tertiary/aromatic N) is 3. The molecule has 40 heavy (non-hydrogen) atoms. The number of likely N-dealkylation sites (N-methyl/N-ethyl adjacent to an activating group) is 1. The van der Waals surface area contributed by atoms with Gasteiger partial charge < -0.3 is 15.5 Å². The van der Waals surface area contributed by atoms with E-state index >= 15 is 0 Å². The lowest BCUT2D eigenvalue weighted by Gasteiger charge is -2.19. The van der Waals surface area contributed by atoms with Crippen LogP contribution in [0.15, 0.2) is 95.0 Å². The van der Waals surface area contributed by atoms with Crippen LogP contribution in [0.2, 0.25) is 0 Å². The molecule has 0 spiro atoms. The number of nitrogens with one attached hydrogen (secondary N) is 4. The summed E-state index contributed by atoms with van der Waals surface area (Å²) in [6.45, 7) is 11.6. The largest absolute Gasteiger partial charge is 0.353 e. The topological polar surface area (TPSA) is 77.1 Å². The molecule has 7 nitrogen and oxygen atoms in total. The molecule has 9 heteroatoms. The average molecular weight is 574 g/mol. The first-order chi connectivity index (χ1) is 19.6. The molecule has 0 aliphatic carbocycles. The highest BCUT2D eigenvalue weighted by Gasteiger charge is 2.05. The lowest BCUT2D eigenvalue weighted by Crippen LogP contribution is -2.30. The maximum atomic E-state index is 4.50. The molecule has 0 radical (unpaired) electrons. The van der Waals surface area contributed by atoms with Gasteiger partial charge in [0, 0.05) is 40.8 Å². The number of aryl methyl sites for hydroxylation is 1. The zero-order valence-corrected chi connectivity index (χ0v) is 25.1. The molecular weight excluding hydrogens is 535 g/mol. The summed E-state index contributed by atoms with van der Waals surface area (Å²) >= 11 is 3.29. The van der Waals surface area contributed by atoms with Crippen molar-refractivity contribution in [3.05, 3.63) is 96.3 Å². The van der Waals surface area contributed by atoms with E-state index < -0.39 is 0 Å². The number of rotatable bonds is 16. The fourth-order valence-corrected chi connectivity index (χ4v) is 5.38. The van der Waals surface area contributed by atoms with E-state index in [0.717, 1.165) is 60.2 Å². The SMILES string of the molecule is CCCN(CC)CCNSc1ccc(Nc2ncc(Nc3cc(SNCc4ccccc4)ccc3C)cn2)cc1. The van der Waals surface area contributed by atoms with Gasteiger partial charge in [-0.15, -0.1) is 0 Å². The minimum absolute atomic E-state index is 0.561. The molecule has 4 N–H and O–H groups in total. The molecule has 0 fully saturated rings. The van der Waals surface area contributed by atoms with Crippen molar-refractivity contribution in [1.29, 1.82) is 0 Å². The van der Waals surface area contributed by atoms with Gasteiger partial charge in [0.25, 0.3) is 0 Å². The van der Waals surface area contributed by atoms with Crippen molar-refractivity contribution in [2.45, 2.75) is 43.5 Å². The van der Waals surface area contributed by atoms with Crippen LogP contribution in [0.4, 0.5) is 23.0 Å². The fraction of sp³-hybridized carbons (Fsp3) is 0.290. The lowest BCUT2D eigenvalue weighted by atomic mass is 10.2. The van der Waals surface area contributed by atoms with Crippen LogP contribution < -0.4 is 20.1 Å². The molecule has 0 atom stereocenters. The Balaban J connectivity index is 1.24. The lowest BCUT2D eigenvalue weighted by molar-refractivity contribution is 0.294. The zero-order chi connectivity index (χ0) is 28.0. The summed E-state index contributed by atoms with van der Waals surface area (Å²) in [6, 6.07) is 25.1. The van der Waals surface area contributed by atoms with Gasteiger partial charge >= 0.3 is 0 Å². The van der Waals surface area contributed by atoms with Crippen LogP contribution in [0.25, 0.3) is 0 Å². The predicted molar refractivity (Wildman–Crippen MR) is 172 cm³/mol. The van der Waals surface area contributed by atoms with Gasteiger partial charge in [-0.3, -0.25) is 9.44 Å². The average Bonchev–Trinajstić information content (AvgIpc) is 2.98. The number of hydrogen-bond acceptors (Lipinski definition) is 9. The van der Waals surface area contributed by atoms with Crippen LogP contribution in [0.5, 0.6) is 0 Å². The second kappa shape index (κ2) is 16.2. The summed E-state index contributed by atoms with van der Waals surface area (Å²) in [5, 5.41) is 6.74. The van der Waals surface area contributed by atoms with Gasteiger partial charge in [-0.25, -0.2) is 9.97 Å². The molecule has 4 aromatic rings. The summed E-state index contributed by atoms with van der Waals surface area (Å²) in [7, 11) is 0. The van der Waals surface area contributed by atoms with Crippen molar-refractivity contribution >= 4 is 46.9 Å². The monoisotopic (exact) mass is 573 g/mol. The van der Waals surface area contributed by atoms with Crippen LogP contribution in [-0.4, -0.2) is 41.0 Å². The van der Waals surface area contributed by atoms with Gasteiger partial charge in [0.15, 0.2) is 0 Å². The second-order valence-electron chi connectivity index (χ2n) is 9.39. The Morgan fingerprint density at radius 2 is 1.48 bits per heavy atom. The molecule has 0 amide bonds. The highest BCUT2D eigenvalue weighted by Crippen LogP contribution is 2.26. The van der Waals surface area contributed by atoms with Crippen LogP contribution in [0.1, 0.15) is 31.4 Å².